The maximum atomic E-state index is 13.3. The van der Waals surface area contributed by atoms with Gasteiger partial charge < -0.3 is 19.7 Å². The molecule has 2 saturated heterocycles. The molecule has 4 aliphatic heterocycles. The van der Waals surface area contributed by atoms with Gasteiger partial charge in [0.25, 0.3) is 0 Å². The van der Waals surface area contributed by atoms with Crippen molar-refractivity contribution in [2.75, 3.05) is 6.54 Å². The number of amides is 1. The van der Waals surface area contributed by atoms with Crippen LogP contribution in [0.2, 0.25) is 0 Å². The Labute approximate surface area is 149 Å². The molecule has 2 aromatic rings. The van der Waals surface area contributed by atoms with Crippen molar-refractivity contribution in [1.29, 1.82) is 0 Å². The molecule has 6 heteroatoms. The Morgan fingerprint density at radius 2 is 2.19 bits per heavy atom. The van der Waals surface area contributed by atoms with Gasteiger partial charge in [-0.1, -0.05) is 30.4 Å². The zero-order valence-corrected chi connectivity index (χ0v) is 14.2. The van der Waals surface area contributed by atoms with Gasteiger partial charge in [-0.05, 0) is 25.0 Å². The molecule has 2 fully saturated rings. The Hall–Kier alpha value is -2.60. The predicted molar refractivity (Wildman–Crippen MR) is 92.4 cm³/mol. The number of hydrogen-bond donors (Lipinski definition) is 2. The molecule has 4 aliphatic rings. The molecule has 2 bridgehead atoms. The second-order valence-electron chi connectivity index (χ2n) is 8.02. The van der Waals surface area contributed by atoms with Gasteiger partial charge in [-0.2, -0.15) is 0 Å². The van der Waals surface area contributed by atoms with Crippen LogP contribution >= 0.6 is 0 Å². The summed E-state index contributed by atoms with van der Waals surface area (Å²) < 4.78 is 6.28. The third-order valence-corrected chi connectivity index (χ3v) is 6.96. The summed E-state index contributed by atoms with van der Waals surface area (Å²) in [5.41, 5.74) is 1.13. The van der Waals surface area contributed by atoms with E-state index in [9.17, 15) is 14.7 Å². The van der Waals surface area contributed by atoms with Crippen LogP contribution in [0.1, 0.15) is 24.2 Å². The van der Waals surface area contributed by atoms with Gasteiger partial charge in [0.1, 0.15) is 17.1 Å². The topological polar surface area (TPSA) is 82.6 Å². The van der Waals surface area contributed by atoms with Crippen LogP contribution in [0.15, 0.2) is 36.4 Å². The molecular formula is C20H18N2O4. The van der Waals surface area contributed by atoms with Gasteiger partial charge in [0.15, 0.2) is 0 Å². The Balaban J connectivity index is 1.61. The summed E-state index contributed by atoms with van der Waals surface area (Å²) in [6.45, 7) is 2.24. The van der Waals surface area contributed by atoms with Gasteiger partial charge in [-0.25, -0.2) is 0 Å². The first kappa shape index (κ1) is 14.6. The van der Waals surface area contributed by atoms with E-state index in [1.807, 2.05) is 35.3 Å². The first-order chi connectivity index (χ1) is 12.5. The van der Waals surface area contributed by atoms with Crippen LogP contribution in [0.3, 0.4) is 0 Å². The highest BCUT2D eigenvalue weighted by molar-refractivity contribution is 5.95. The highest BCUT2D eigenvalue weighted by Gasteiger charge is 2.77. The first-order valence-corrected chi connectivity index (χ1v) is 8.99. The Kier molecular flexibility index (Phi) is 2.35. The number of nitrogens with zero attached hydrogens (tertiary/aromatic N) is 1. The summed E-state index contributed by atoms with van der Waals surface area (Å²) in [6.07, 6.45) is 3.97. The standard InChI is InChI=1S/C20H18N2O4/c1-19(18(24)25)13-6-8-20(26-13)15(19)17(23)22-9-7-11-10-4-2-3-5-12(10)21-14(11)16(20)22/h2-6,8,13,15-16,21H,7,9H2,1H3,(H,24,25)/t13-,15-,16+,19-,20+/m1/s1. The summed E-state index contributed by atoms with van der Waals surface area (Å²) in [4.78, 5) is 30.7. The minimum atomic E-state index is -1.23. The second-order valence-corrected chi connectivity index (χ2v) is 8.02. The molecule has 26 heavy (non-hydrogen) atoms. The molecule has 2 N–H and O–H groups in total. The maximum Gasteiger partial charge on any atom is 0.313 e. The van der Waals surface area contributed by atoms with Gasteiger partial charge in [0.2, 0.25) is 5.91 Å². The minimum absolute atomic E-state index is 0.101. The molecule has 6 rings (SSSR count). The van der Waals surface area contributed by atoms with Gasteiger partial charge in [0, 0.05) is 23.1 Å². The zero-order chi connectivity index (χ0) is 17.8. The number of fused-ring (bicyclic) bond motifs is 6. The third-order valence-electron chi connectivity index (χ3n) is 6.96. The van der Waals surface area contributed by atoms with Crippen molar-refractivity contribution in [3.05, 3.63) is 47.7 Å². The number of carbonyl (C=O) groups is 2. The molecule has 1 aromatic heterocycles. The van der Waals surface area contributed by atoms with Crippen molar-refractivity contribution in [1.82, 2.24) is 9.88 Å². The summed E-state index contributed by atoms with van der Waals surface area (Å²) in [5, 5.41) is 11.1. The van der Waals surface area contributed by atoms with Crippen LogP contribution in [0.5, 0.6) is 0 Å². The van der Waals surface area contributed by atoms with Crippen LogP contribution in [0.4, 0.5) is 0 Å². The predicted octanol–water partition coefficient (Wildman–Crippen LogP) is 2.02. The first-order valence-electron chi connectivity index (χ1n) is 8.99. The number of hydrogen-bond acceptors (Lipinski definition) is 3. The number of H-pyrrole nitrogens is 1. The number of aromatic nitrogens is 1. The summed E-state index contributed by atoms with van der Waals surface area (Å²) >= 11 is 0. The van der Waals surface area contributed by atoms with Crippen LogP contribution in [0.25, 0.3) is 10.9 Å². The van der Waals surface area contributed by atoms with Gasteiger partial charge >= 0.3 is 5.97 Å². The van der Waals surface area contributed by atoms with Gasteiger partial charge in [-0.3, -0.25) is 9.59 Å². The number of carboxylic acid groups (broad SMARTS) is 1. The fraction of sp³-hybridized carbons (Fsp3) is 0.400. The van der Waals surface area contributed by atoms with Crippen LogP contribution in [-0.2, 0) is 20.7 Å². The number of para-hydroxylation sites is 1. The van der Waals surface area contributed by atoms with Crippen molar-refractivity contribution in [2.24, 2.45) is 11.3 Å². The fourth-order valence-corrected chi connectivity index (χ4v) is 5.78. The second kappa shape index (κ2) is 4.20. The number of aromatic amines is 1. The highest BCUT2D eigenvalue weighted by Crippen LogP contribution is 2.65. The summed E-state index contributed by atoms with van der Waals surface area (Å²) in [7, 11) is 0. The van der Waals surface area contributed by atoms with Crippen molar-refractivity contribution in [2.45, 2.75) is 31.1 Å². The van der Waals surface area contributed by atoms with E-state index < -0.39 is 29.0 Å². The summed E-state index contributed by atoms with van der Waals surface area (Å²) in [6, 6.07) is 7.84. The molecule has 0 saturated carbocycles. The van der Waals surface area contributed by atoms with E-state index in [1.165, 1.54) is 10.9 Å². The van der Waals surface area contributed by atoms with E-state index in [1.54, 1.807) is 6.92 Å². The molecule has 5 heterocycles. The Morgan fingerprint density at radius 1 is 1.38 bits per heavy atom. The number of rotatable bonds is 1. The molecule has 132 valence electrons. The lowest BCUT2D eigenvalue weighted by Crippen LogP contribution is -2.47. The number of benzene rings is 1. The van der Waals surface area contributed by atoms with Crippen LogP contribution < -0.4 is 0 Å². The number of carbonyl (C=O) groups excluding carboxylic acids is 1. The quantitative estimate of drug-likeness (QED) is 0.771. The smallest absolute Gasteiger partial charge is 0.313 e. The Morgan fingerprint density at radius 3 is 3.00 bits per heavy atom. The van der Waals surface area contributed by atoms with E-state index in [4.69, 9.17) is 4.74 Å². The summed E-state index contributed by atoms with van der Waals surface area (Å²) in [5.74, 6) is -1.76. The molecule has 1 spiro atoms. The monoisotopic (exact) mass is 350 g/mol. The number of aliphatic carboxylic acids is 1. The van der Waals surface area contributed by atoms with Gasteiger partial charge in [-0.15, -0.1) is 0 Å². The Bertz CT molecular complexity index is 1040. The van der Waals surface area contributed by atoms with Crippen molar-refractivity contribution in [3.63, 3.8) is 0 Å². The zero-order valence-electron chi connectivity index (χ0n) is 14.2. The highest BCUT2D eigenvalue weighted by atomic mass is 16.5. The molecule has 6 nitrogen and oxygen atoms in total. The van der Waals surface area contributed by atoms with E-state index in [0.717, 1.165) is 17.6 Å². The van der Waals surface area contributed by atoms with Crippen molar-refractivity contribution < 1.29 is 19.4 Å². The number of ether oxygens (including phenoxy) is 1. The van der Waals surface area contributed by atoms with E-state index in [-0.39, 0.29) is 11.9 Å². The van der Waals surface area contributed by atoms with Gasteiger partial charge in [0.05, 0.1) is 12.0 Å². The largest absolute Gasteiger partial charge is 0.481 e. The minimum Gasteiger partial charge on any atom is -0.481 e. The maximum absolute atomic E-state index is 13.3. The molecule has 1 aromatic carbocycles. The lowest BCUT2D eigenvalue weighted by molar-refractivity contribution is -0.156. The third kappa shape index (κ3) is 1.31. The van der Waals surface area contributed by atoms with Crippen LogP contribution in [0, 0.1) is 11.3 Å². The molecule has 0 unspecified atom stereocenters. The fourth-order valence-electron chi connectivity index (χ4n) is 5.78. The molecular weight excluding hydrogens is 332 g/mol. The van der Waals surface area contributed by atoms with Crippen LogP contribution in [-0.4, -0.2) is 45.1 Å². The number of carboxylic acids is 1. The van der Waals surface area contributed by atoms with Crippen molar-refractivity contribution >= 4 is 22.8 Å². The van der Waals surface area contributed by atoms with Crippen molar-refractivity contribution in [3.8, 4) is 0 Å². The molecule has 5 atom stereocenters. The molecule has 0 aliphatic carbocycles. The SMILES string of the molecule is C[C@@]1(C(=O)O)[C@H]2C=C[C@@]3(O2)[C@@H]2c4[nH]c5ccccc5c4CCN2C(=O)[C@@H]31. The average molecular weight is 350 g/mol. The lowest BCUT2D eigenvalue weighted by atomic mass is 9.65. The average Bonchev–Trinajstić information content (AvgIpc) is 3.33. The molecule has 0 radical (unpaired) electrons. The molecule has 1 amide bonds. The number of nitrogens with one attached hydrogen (secondary N) is 1. The van der Waals surface area contributed by atoms with E-state index >= 15 is 0 Å². The van der Waals surface area contributed by atoms with E-state index in [2.05, 4.69) is 11.1 Å². The normalized spacial score (nSPS) is 39.3. The lowest BCUT2D eigenvalue weighted by Gasteiger charge is -2.36. The van der Waals surface area contributed by atoms with E-state index in [0.29, 0.717) is 6.54 Å².